The number of nitrogens with one attached hydrogen (secondary N) is 1. The maximum absolute atomic E-state index is 12.7. The number of rotatable bonds is 3. The van der Waals surface area contributed by atoms with Gasteiger partial charge < -0.3 is 10.1 Å². The predicted octanol–water partition coefficient (Wildman–Crippen LogP) is 7.59. The van der Waals surface area contributed by atoms with Crippen molar-refractivity contribution in [2.45, 2.75) is 89.0 Å². The Morgan fingerprint density at radius 1 is 0.710 bits per heavy atom. The second kappa shape index (κ2) is 11.4. The van der Waals surface area contributed by atoms with E-state index in [0.29, 0.717) is 6.61 Å². The number of carbonyl (C=O) groups excluding carboxylic acids is 1. The average Bonchev–Trinajstić information content (AvgIpc) is 3.12. The number of benzene rings is 2. The van der Waals surface area contributed by atoms with E-state index in [9.17, 15) is 4.79 Å². The molecule has 2 aliphatic rings. The number of fused-ring (bicyclic) bond motifs is 3. The number of carbonyl (C=O) groups is 1. The van der Waals surface area contributed by atoms with Gasteiger partial charge in [-0.15, -0.1) is 0 Å². The van der Waals surface area contributed by atoms with Gasteiger partial charge in [0.1, 0.15) is 6.61 Å². The SMILES string of the molecule is O=C(NC1CCCCCCCCCCCC1)OCC1c2ccccc2-c2ccccc21. The van der Waals surface area contributed by atoms with E-state index in [1.165, 1.54) is 86.5 Å². The van der Waals surface area contributed by atoms with Gasteiger partial charge in [0.2, 0.25) is 0 Å². The summed E-state index contributed by atoms with van der Waals surface area (Å²) in [7, 11) is 0. The summed E-state index contributed by atoms with van der Waals surface area (Å²) < 4.78 is 5.79. The molecule has 1 N–H and O–H groups in total. The average molecular weight is 420 g/mol. The number of hydrogen-bond acceptors (Lipinski definition) is 2. The van der Waals surface area contributed by atoms with Gasteiger partial charge in [-0.1, -0.05) is 113 Å². The Kier molecular flexibility index (Phi) is 8.04. The Morgan fingerprint density at radius 3 is 1.68 bits per heavy atom. The summed E-state index contributed by atoms with van der Waals surface area (Å²) >= 11 is 0. The maximum atomic E-state index is 12.7. The summed E-state index contributed by atoms with van der Waals surface area (Å²) in [5.41, 5.74) is 5.06. The second-order valence-corrected chi connectivity index (χ2v) is 9.28. The highest BCUT2D eigenvalue weighted by Gasteiger charge is 2.29. The minimum atomic E-state index is -0.254. The molecule has 0 atom stereocenters. The van der Waals surface area contributed by atoms with Crippen LogP contribution in [0.15, 0.2) is 48.5 Å². The molecule has 4 rings (SSSR count). The molecule has 0 heterocycles. The molecule has 2 aliphatic carbocycles. The molecule has 0 aromatic heterocycles. The fraction of sp³-hybridized carbons (Fsp3) is 0.536. The van der Waals surface area contributed by atoms with Gasteiger partial charge in [0, 0.05) is 12.0 Å². The lowest BCUT2D eigenvalue weighted by Crippen LogP contribution is -2.36. The van der Waals surface area contributed by atoms with Crippen molar-refractivity contribution in [1.82, 2.24) is 5.32 Å². The highest BCUT2D eigenvalue weighted by atomic mass is 16.5. The maximum Gasteiger partial charge on any atom is 0.407 e. The van der Waals surface area contributed by atoms with Crippen LogP contribution in [0.3, 0.4) is 0 Å². The van der Waals surface area contributed by atoms with E-state index in [1.54, 1.807) is 0 Å². The van der Waals surface area contributed by atoms with Crippen molar-refractivity contribution >= 4 is 6.09 Å². The van der Waals surface area contributed by atoms with E-state index in [-0.39, 0.29) is 18.1 Å². The van der Waals surface area contributed by atoms with Gasteiger partial charge in [0.25, 0.3) is 0 Å². The lowest BCUT2D eigenvalue weighted by Gasteiger charge is -2.20. The van der Waals surface area contributed by atoms with Crippen LogP contribution < -0.4 is 5.32 Å². The third kappa shape index (κ3) is 5.90. The van der Waals surface area contributed by atoms with E-state index < -0.39 is 0 Å². The van der Waals surface area contributed by atoms with Crippen LogP contribution in [0.5, 0.6) is 0 Å². The Morgan fingerprint density at radius 2 is 1.16 bits per heavy atom. The summed E-state index contributed by atoms with van der Waals surface area (Å²) in [6.45, 7) is 0.395. The summed E-state index contributed by atoms with van der Waals surface area (Å²) in [6.07, 6.45) is 15.0. The number of ether oxygens (including phenoxy) is 1. The first-order valence-electron chi connectivity index (χ1n) is 12.4. The molecular formula is C28H37NO2. The fourth-order valence-corrected chi connectivity index (χ4v) is 5.29. The van der Waals surface area contributed by atoms with Crippen molar-refractivity contribution in [3.05, 3.63) is 59.7 Å². The van der Waals surface area contributed by atoms with Gasteiger partial charge in [-0.2, -0.15) is 0 Å². The minimum absolute atomic E-state index is 0.123. The minimum Gasteiger partial charge on any atom is -0.449 e. The molecule has 1 amide bonds. The molecule has 0 unspecified atom stereocenters. The Balaban J connectivity index is 1.32. The van der Waals surface area contributed by atoms with Gasteiger partial charge in [0.05, 0.1) is 0 Å². The number of hydrogen-bond donors (Lipinski definition) is 1. The van der Waals surface area contributed by atoms with Crippen LogP contribution in [0.1, 0.15) is 94.1 Å². The summed E-state index contributed by atoms with van der Waals surface area (Å²) in [5.74, 6) is 0.123. The van der Waals surface area contributed by atoms with Crippen LogP contribution in [0, 0.1) is 0 Å². The molecule has 1 fully saturated rings. The molecule has 0 spiro atoms. The Bertz CT molecular complexity index is 787. The van der Waals surface area contributed by atoms with Gasteiger partial charge in [-0.05, 0) is 35.1 Å². The van der Waals surface area contributed by atoms with Crippen molar-refractivity contribution in [3.63, 3.8) is 0 Å². The molecular weight excluding hydrogens is 382 g/mol. The first-order chi connectivity index (χ1) is 15.3. The van der Waals surface area contributed by atoms with Crippen molar-refractivity contribution in [2.24, 2.45) is 0 Å². The molecule has 0 saturated heterocycles. The van der Waals surface area contributed by atoms with Gasteiger partial charge in [0.15, 0.2) is 0 Å². The molecule has 31 heavy (non-hydrogen) atoms. The van der Waals surface area contributed by atoms with Crippen LogP contribution in [-0.2, 0) is 4.74 Å². The Labute approximate surface area is 187 Å². The summed E-state index contributed by atoms with van der Waals surface area (Å²) in [4.78, 5) is 12.7. The lowest BCUT2D eigenvalue weighted by molar-refractivity contribution is 0.137. The van der Waals surface area contributed by atoms with Crippen LogP contribution in [-0.4, -0.2) is 18.7 Å². The summed E-state index contributed by atoms with van der Waals surface area (Å²) in [6, 6.07) is 17.2. The zero-order valence-corrected chi connectivity index (χ0v) is 18.8. The van der Waals surface area contributed by atoms with E-state index in [2.05, 4.69) is 53.8 Å². The standard InChI is InChI=1S/C28H37NO2/c30-28(29-22-15-9-7-5-3-1-2-4-6-8-10-16-22)31-21-27-25-19-13-11-17-23(25)24-18-12-14-20-26(24)27/h11-14,17-20,22,27H,1-10,15-16,21H2,(H,29,30). The van der Waals surface area contributed by atoms with E-state index in [0.717, 1.165) is 12.8 Å². The smallest absolute Gasteiger partial charge is 0.407 e. The second-order valence-electron chi connectivity index (χ2n) is 9.28. The lowest BCUT2D eigenvalue weighted by atomic mass is 9.98. The van der Waals surface area contributed by atoms with Crippen molar-refractivity contribution in [1.29, 1.82) is 0 Å². The topological polar surface area (TPSA) is 38.3 Å². The van der Waals surface area contributed by atoms with Crippen molar-refractivity contribution in [3.8, 4) is 11.1 Å². The molecule has 3 heteroatoms. The largest absolute Gasteiger partial charge is 0.449 e. The molecule has 1 saturated carbocycles. The van der Waals surface area contributed by atoms with Crippen molar-refractivity contribution in [2.75, 3.05) is 6.61 Å². The molecule has 2 aromatic carbocycles. The monoisotopic (exact) mass is 419 g/mol. The van der Waals surface area contributed by atoms with Gasteiger partial charge in [-0.3, -0.25) is 0 Å². The van der Waals surface area contributed by atoms with Gasteiger partial charge in [-0.25, -0.2) is 4.79 Å². The third-order valence-corrected chi connectivity index (χ3v) is 7.02. The normalized spacial score (nSPS) is 18.7. The van der Waals surface area contributed by atoms with Gasteiger partial charge >= 0.3 is 6.09 Å². The fourth-order valence-electron chi connectivity index (χ4n) is 5.29. The number of amides is 1. The zero-order valence-electron chi connectivity index (χ0n) is 18.8. The van der Waals surface area contributed by atoms with E-state index in [4.69, 9.17) is 4.74 Å². The van der Waals surface area contributed by atoms with Crippen LogP contribution in [0.25, 0.3) is 11.1 Å². The molecule has 166 valence electrons. The number of alkyl carbamates (subject to hydrolysis) is 1. The van der Waals surface area contributed by atoms with Crippen molar-refractivity contribution < 1.29 is 9.53 Å². The Hall–Kier alpha value is -2.29. The quantitative estimate of drug-likeness (QED) is 0.556. The highest BCUT2D eigenvalue weighted by molar-refractivity contribution is 5.79. The van der Waals surface area contributed by atoms with Crippen LogP contribution >= 0.6 is 0 Å². The summed E-state index contributed by atoms with van der Waals surface area (Å²) in [5, 5.41) is 3.20. The van der Waals surface area contributed by atoms with E-state index >= 15 is 0 Å². The predicted molar refractivity (Wildman–Crippen MR) is 127 cm³/mol. The third-order valence-electron chi connectivity index (χ3n) is 7.02. The first kappa shape index (κ1) is 21.9. The highest BCUT2D eigenvalue weighted by Crippen LogP contribution is 2.44. The molecule has 2 aromatic rings. The molecule has 0 radical (unpaired) electrons. The van der Waals surface area contributed by atoms with Crippen LogP contribution in [0.4, 0.5) is 4.79 Å². The molecule has 3 nitrogen and oxygen atoms in total. The zero-order chi connectivity index (χ0) is 21.3. The molecule has 0 aliphatic heterocycles. The van der Waals surface area contributed by atoms with Crippen LogP contribution in [0.2, 0.25) is 0 Å². The molecule has 0 bridgehead atoms. The van der Waals surface area contributed by atoms with E-state index in [1.807, 2.05) is 0 Å². The first-order valence-corrected chi connectivity index (χ1v) is 12.4.